The van der Waals surface area contributed by atoms with E-state index in [9.17, 15) is 10.1 Å². The molecule has 2 atom stereocenters. The number of Topliss-reactive ketones (excluding diaryl/α,β-unsaturated/α-hetero) is 1. The van der Waals surface area contributed by atoms with E-state index in [-0.39, 0.29) is 11.7 Å². The summed E-state index contributed by atoms with van der Waals surface area (Å²) in [4.78, 5) is 15.7. The van der Waals surface area contributed by atoms with E-state index in [2.05, 4.69) is 84.1 Å². The van der Waals surface area contributed by atoms with Gasteiger partial charge in [0.05, 0.1) is 12.0 Å². The van der Waals surface area contributed by atoms with Crippen molar-refractivity contribution in [3.05, 3.63) is 112 Å². The van der Waals surface area contributed by atoms with E-state index < -0.39 is 0 Å². The molecule has 6 rings (SSSR count). The number of benzene rings is 1. The summed E-state index contributed by atoms with van der Waals surface area (Å²) in [5.74, 6) is 0.786. The summed E-state index contributed by atoms with van der Waals surface area (Å²) < 4.78 is 0. The van der Waals surface area contributed by atoms with Crippen molar-refractivity contribution in [3.63, 3.8) is 0 Å². The fourth-order valence-electron chi connectivity index (χ4n) is 7.37. The molecule has 4 heteroatoms. The van der Waals surface area contributed by atoms with Crippen LogP contribution in [0.5, 0.6) is 0 Å². The van der Waals surface area contributed by atoms with Crippen LogP contribution in [0.3, 0.4) is 0 Å². The molecule has 1 N–H and O–H groups in total. The lowest BCUT2D eigenvalue weighted by molar-refractivity contribution is -0.112. The van der Waals surface area contributed by atoms with Gasteiger partial charge in [0, 0.05) is 37.1 Å². The summed E-state index contributed by atoms with van der Waals surface area (Å²) in [6.45, 7) is 4.93. The van der Waals surface area contributed by atoms with Crippen LogP contribution in [0, 0.1) is 17.2 Å². The quantitative estimate of drug-likeness (QED) is 0.333. The molecule has 222 valence electrons. The molecule has 5 aliphatic rings. The average molecular weight is 572 g/mol. The molecule has 0 aromatic heterocycles. The van der Waals surface area contributed by atoms with Gasteiger partial charge in [-0.05, 0) is 116 Å². The Hall–Kier alpha value is -3.84. The number of carbonyl (C=O) groups excluding carboxylic acids is 1. The third-order valence-electron chi connectivity index (χ3n) is 9.83. The van der Waals surface area contributed by atoms with E-state index in [1.807, 2.05) is 6.08 Å². The first-order chi connectivity index (χ1) is 21.1. The predicted octanol–water partition coefficient (Wildman–Crippen LogP) is 8.61. The molecular formula is C39H45N3O. The SMILES string of the molecule is CCCC1=CCC(c2ccc(C3=CCC4=CNCC=C(N5CC/C=C(\C(=O)C6=CCC(C#N)C6)CCC5)C4=C3)cc2)CC1. The van der Waals surface area contributed by atoms with Crippen LogP contribution in [0.2, 0.25) is 0 Å². The van der Waals surface area contributed by atoms with Gasteiger partial charge in [-0.2, -0.15) is 5.26 Å². The van der Waals surface area contributed by atoms with E-state index in [4.69, 9.17) is 0 Å². The highest BCUT2D eigenvalue weighted by Crippen LogP contribution is 2.38. The molecule has 0 amide bonds. The minimum Gasteiger partial charge on any atom is -0.387 e. The zero-order chi connectivity index (χ0) is 29.6. The summed E-state index contributed by atoms with van der Waals surface area (Å²) in [5.41, 5.74) is 11.5. The van der Waals surface area contributed by atoms with Crippen molar-refractivity contribution in [2.75, 3.05) is 19.6 Å². The summed E-state index contributed by atoms with van der Waals surface area (Å²) in [5, 5.41) is 12.7. The van der Waals surface area contributed by atoms with Gasteiger partial charge in [0.25, 0.3) is 0 Å². The fourth-order valence-corrected chi connectivity index (χ4v) is 7.37. The standard InChI is InChI=1S/C39H45N3O/c1-2-5-28-8-11-30(12-9-28)31-14-16-32(17-15-31)34-18-19-36-27-41-21-20-38(37(36)25-34)42-22-3-6-33(7-4-23-42)39(43)35-13-10-29(24-35)26-40/h6,8,13-18,20,25,27,29-30,41H,2-5,7,9-12,19,21-24H2,1H3/b33-6-. The van der Waals surface area contributed by atoms with E-state index in [1.165, 1.54) is 65.6 Å². The second-order valence-corrected chi connectivity index (χ2v) is 12.7. The first kappa shape index (κ1) is 29.2. The highest BCUT2D eigenvalue weighted by molar-refractivity contribution is 6.08. The van der Waals surface area contributed by atoms with Gasteiger partial charge in [-0.25, -0.2) is 0 Å². The van der Waals surface area contributed by atoms with Crippen molar-refractivity contribution in [1.29, 1.82) is 5.26 Å². The average Bonchev–Trinajstić information content (AvgIpc) is 3.42. The lowest BCUT2D eigenvalue weighted by atomic mass is 9.82. The summed E-state index contributed by atoms with van der Waals surface area (Å²) in [6.07, 6.45) is 27.0. The van der Waals surface area contributed by atoms with Gasteiger partial charge >= 0.3 is 0 Å². The van der Waals surface area contributed by atoms with Gasteiger partial charge in [-0.3, -0.25) is 4.79 Å². The van der Waals surface area contributed by atoms with Crippen LogP contribution in [0.4, 0.5) is 0 Å². The zero-order valence-corrected chi connectivity index (χ0v) is 25.7. The van der Waals surface area contributed by atoms with Crippen LogP contribution < -0.4 is 5.32 Å². The van der Waals surface area contributed by atoms with Crippen molar-refractivity contribution >= 4 is 11.4 Å². The Morgan fingerprint density at radius 1 is 1.02 bits per heavy atom. The largest absolute Gasteiger partial charge is 0.387 e. The Morgan fingerprint density at radius 3 is 2.67 bits per heavy atom. The van der Waals surface area contributed by atoms with Crippen LogP contribution in [0.15, 0.2) is 100 Å². The lowest BCUT2D eigenvalue weighted by Crippen LogP contribution is -2.29. The van der Waals surface area contributed by atoms with Crippen molar-refractivity contribution in [3.8, 4) is 6.07 Å². The Bertz CT molecular complexity index is 1490. The molecule has 0 bridgehead atoms. The van der Waals surface area contributed by atoms with Crippen LogP contribution in [-0.2, 0) is 4.79 Å². The molecule has 3 aliphatic carbocycles. The number of allylic oxidation sites excluding steroid dienone is 9. The number of fused-ring (bicyclic) bond motifs is 1. The van der Waals surface area contributed by atoms with Crippen LogP contribution in [0.1, 0.15) is 94.6 Å². The number of hydrogen-bond acceptors (Lipinski definition) is 4. The molecule has 0 spiro atoms. The molecule has 1 aromatic carbocycles. The molecule has 2 aliphatic heterocycles. The highest BCUT2D eigenvalue weighted by Gasteiger charge is 2.26. The number of nitriles is 1. The van der Waals surface area contributed by atoms with Crippen molar-refractivity contribution in [1.82, 2.24) is 10.2 Å². The predicted molar refractivity (Wildman–Crippen MR) is 176 cm³/mol. The van der Waals surface area contributed by atoms with Gasteiger partial charge < -0.3 is 10.2 Å². The number of hydrogen-bond donors (Lipinski definition) is 1. The van der Waals surface area contributed by atoms with E-state index >= 15 is 0 Å². The Kier molecular flexibility index (Phi) is 9.27. The maximum Gasteiger partial charge on any atom is 0.184 e. The summed E-state index contributed by atoms with van der Waals surface area (Å²) in [6, 6.07) is 11.7. The maximum absolute atomic E-state index is 13.2. The maximum atomic E-state index is 13.2. The molecule has 1 aromatic rings. The molecule has 2 unspecified atom stereocenters. The number of ketones is 1. The van der Waals surface area contributed by atoms with Gasteiger partial charge in [0.15, 0.2) is 5.78 Å². The number of rotatable bonds is 7. The number of nitrogens with one attached hydrogen (secondary N) is 1. The van der Waals surface area contributed by atoms with Crippen molar-refractivity contribution in [2.24, 2.45) is 5.92 Å². The summed E-state index contributed by atoms with van der Waals surface area (Å²) in [7, 11) is 0. The molecular weight excluding hydrogens is 526 g/mol. The molecule has 43 heavy (non-hydrogen) atoms. The van der Waals surface area contributed by atoms with Gasteiger partial charge in [-0.1, -0.05) is 67.5 Å². The van der Waals surface area contributed by atoms with Crippen molar-refractivity contribution in [2.45, 2.75) is 83.5 Å². The molecule has 0 saturated heterocycles. The summed E-state index contributed by atoms with van der Waals surface area (Å²) >= 11 is 0. The van der Waals surface area contributed by atoms with Gasteiger partial charge in [0.1, 0.15) is 0 Å². The Morgan fingerprint density at radius 2 is 1.91 bits per heavy atom. The second kappa shape index (κ2) is 13.6. The Labute approximate surface area is 257 Å². The van der Waals surface area contributed by atoms with Crippen LogP contribution in [0.25, 0.3) is 5.57 Å². The minimum absolute atomic E-state index is 0.0320. The van der Waals surface area contributed by atoms with Gasteiger partial charge in [0.2, 0.25) is 0 Å². The molecule has 4 nitrogen and oxygen atoms in total. The van der Waals surface area contributed by atoms with E-state index in [1.54, 1.807) is 5.57 Å². The van der Waals surface area contributed by atoms with Gasteiger partial charge in [-0.15, -0.1) is 0 Å². The third-order valence-corrected chi connectivity index (χ3v) is 9.83. The molecule has 0 radical (unpaired) electrons. The highest BCUT2D eigenvalue weighted by atomic mass is 16.1. The number of nitrogens with zero attached hydrogens (tertiary/aromatic N) is 2. The molecule has 0 saturated carbocycles. The van der Waals surface area contributed by atoms with E-state index in [0.29, 0.717) is 18.8 Å². The zero-order valence-electron chi connectivity index (χ0n) is 25.7. The third kappa shape index (κ3) is 6.72. The molecule has 2 heterocycles. The van der Waals surface area contributed by atoms with Crippen LogP contribution >= 0.6 is 0 Å². The number of carbonyl (C=O) groups is 1. The van der Waals surface area contributed by atoms with E-state index in [0.717, 1.165) is 56.5 Å². The smallest absolute Gasteiger partial charge is 0.184 e. The molecule has 0 fully saturated rings. The second-order valence-electron chi connectivity index (χ2n) is 12.7. The fraction of sp³-hybridized carbons (Fsp3) is 0.436. The first-order valence-corrected chi connectivity index (χ1v) is 16.5. The monoisotopic (exact) mass is 571 g/mol. The Balaban J connectivity index is 1.15. The normalized spacial score (nSPS) is 25.4. The van der Waals surface area contributed by atoms with Crippen molar-refractivity contribution < 1.29 is 4.79 Å². The first-order valence-electron chi connectivity index (χ1n) is 16.5. The lowest BCUT2D eigenvalue weighted by Gasteiger charge is -2.32. The topological polar surface area (TPSA) is 56.1 Å². The van der Waals surface area contributed by atoms with Crippen LogP contribution in [-0.4, -0.2) is 30.3 Å². The minimum atomic E-state index is -0.0320.